The second-order valence-electron chi connectivity index (χ2n) is 2.78. The second-order valence-corrected chi connectivity index (χ2v) is 2.78. The van der Waals surface area contributed by atoms with Crippen LogP contribution < -0.4 is 16.7 Å². The number of nitrogens with zero attached hydrogens (tertiary/aromatic N) is 2. The van der Waals surface area contributed by atoms with E-state index in [1.54, 1.807) is 0 Å². The summed E-state index contributed by atoms with van der Waals surface area (Å²) in [6.45, 7) is 0. The number of aryl methyl sites for hydroxylation is 1. The largest absolute Gasteiger partial charge is 0.410 e. The van der Waals surface area contributed by atoms with Gasteiger partial charge in [0, 0.05) is 7.05 Å². The predicted octanol–water partition coefficient (Wildman–Crippen LogP) is -2.05. The minimum Gasteiger partial charge on any atom is -0.410 e. The third-order valence-electron chi connectivity index (χ3n) is 1.89. The molecule has 0 spiro atoms. The normalized spacial score (nSPS) is 10.9. The molecule has 0 aromatic carbocycles. The van der Waals surface area contributed by atoms with E-state index in [2.05, 4.69) is 10.2 Å². The van der Waals surface area contributed by atoms with E-state index in [-0.39, 0.29) is 15.7 Å². The number of rotatable bonds is 0. The molecule has 0 unspecified atom stereocenters. The molecule has 0 bridgehead atoms. The molecule has 0 fully saturated rings. The average molecular weight is 198 g/mol. The maximum atomic E-state index is 11.3. The molecular formula is C6H6N4O4. The summed E-state index contributed by atoms with van der Waals surface area (Å²) in [7, 11) is 1.33. The number of nitrogens with one attached hydrogen (secondary N) is 2. The van der Waals surface area contributed by atoms with Crippen LogP contribution >= 0.6 is 0 Å². The summed E-state index contributed by atoms with van der Waals surface area (Å²) < 4.78 is 0.917. The number of H-pyrrole nitrogens is 2. The fraction of sp³-hybridized carbons (Fsp3) is 0.167. The highest BCUT2D eigenvalue weighted by atomic mass is 16.5. The Morgan fingerprint density at radius 1 is 1.14 bits per heavy atom. The zero-order valence-electron chi connectivity index (χ0n) is 7.07. The van der Waals surface area contributed by atoms with Gasteiger partial charge in [-0.2, -0.15) is 0 Å². The van der Waals surface area contributed by atoms with Crippen LogP contribution in [0.25, 0.3) is 10.9 Å². The standard InChI is InChI=1S/C6H6N4O4/c1-9-6(13)3-2(4(11)8-9)5(12)10(14)7-3/h7,14H,1H3,(H,8,11). The highest BCUT2D eigenvalue weighted by Gasteiger charge is 2.13. The van der Waals surface area contributed by atoms with Gasteiger partial charge in [0.2, 0.25) is 0 Å². The first-order valence-corrected chi connectivity index (χ1v) is 3.65. The van der Waals surface area contributed by atoms with Crippen LogP contribution in [0.15, 0.2) is 14.4 Å². The summed E-state index contributed by atoms with van der Waals surface area (Å²) in [5, 5.41) is 12.8. The van der Waals surface area contributed by atoms with E-state index in [1.807, 2.05) is 0 Å². The molecule has 2 rings (SSSR count). The molecule has 3 N–H and O–H groups in total. The Labute approximate surface area is 74.9 Å². The molecular weight excluding hydrogens is 192 g/mol. The van der Waals surface area contributed by atoms with Gasteiger partial charge in [0.05, 0.1) is 0 Å². The van der Waals surface area contributed by atoms with Crippen molar-refractivity contribution in [2.75, 3.05) is 0 Å². The summed E-state index contributed by atoms with van der Waals surface area (Å²) in [5.74, 6) is 0. The zero-order chi connectivity index (χ0) is 10.5. The van der Waals surface area contributed by atoms with Crippen molar-refractivity contribution < 1.29 is 5.21 Å². The summed E-state index contributed by atoms with van der Waals surface area (Å²) in [5.41, 5.74) is -2.48. The first-order chi connectivity index (χ1) is 6.52. The first-order valence-electron chi connectivity index (χ1n) is 3.65. The lowest BCUT2D eigenvalue weighted by atomic mass is 10.4. The molecule has 0 amide bonds. The molecule has 2 heterocycles. The Morgan fingerprint density at radius 2 is 1.79 bits per heavy atom. The van der Waals surface area contributed by atoms with Crippen LogP contribution in [0.4, 0.5) is 0 Å². The third-order valence-corrected chi connectivity index (χ3v) is 1.89. The van der Waals surface area contributed by atoms with Gasteiger partial charge in [0.15, 0.2) is 0 Å². The lowest BCUT2D eigenvalue weighted by Crippen LogP contribution is -2.29. The smallest absolute Gasteiger partial charge is 0.315 e. The SMILES string of the molecule is Cn1[nH]c(=O)c2c(=O)n(O)[nH]c2c1=O. The van der Waals surface area contributed by atoms with Crippen molar-refractivity contribution in [2.24, 2.45) is 7.05 Å². The highest BCUT2D eigenvalue weighted by molar-refractivity contribution is 5.75. The molecule has 74 valence electrons. The topological polar surface area (TPSA) is 113 Å². The molecule has 0 aliphatic carbocycles. The Balaban J connectivity index is 3.27. The zero-order valence-corrected chi connectivity index (χ0v) is 7.07. The number of hydrogen-bond donors (Lipinski definition) is 3. The quantitative estimate of drug-likeness (QED) is 0.423. The monoisotopic (exact) mass is 198 g/mol. The molecule has 0 saturated heterocycles. The molecule has 2 aromatic heterocycles. The first kappa shape index (κ1) is 8.35. The number of aromatic amines is 2. The van der Waals surface area contributed by atoms with Crippen molar-refractivity contribution in [2.45, 2.75) is 0 Å². The van der Waals surface area contributed by atoms with Gasteiger partial charge in [-0.25, -0.2) is 0 Å². The molecule has 8 heteroatoms. The van der Waals surface area contributed by atoms with Crippen LogP contribution in [0.5, 0.6) is 0 Å². The van der Waals surface area contributed by atoms with Gasteiger partial charge in [-0.1, -0.05) is 4.85 Å². The average Bonchev–Trinajstić information content (AvgIpc) is 2.40. The van der Waals surface area contributed by atoms with E-state index < -0.39 is 16.7 Å². The van der Waals surface area contributed by atoms with E-state index in [0.29, 0.717) is 0 Å². The molecule has 0 atom stereocenters. The van der Waals surface area contributed by atoms with Gasteiger partial charge in [-0.05, 0) is 0 Å². The van der Waals surface area contributed by atoms with Gasteiger partial charge in [-0.15, -0.1) is 0 Å². The Kier molecular flexibility index (Phi) is 1.42. The lowest BCUT2D eigenvalue weighted by Gasteiger charge is -1.93. The second kappa shape index (κ2) is 2.37. The van der Waals surface area contributed by atoms with Crippen LogP contribution in [0, 0.1) is 0 Å². The Morgan fingerprint density at radius 3 is 2.43 bits per heavy atom. The Hall–Kier alpha value is -2.25. The van der Waals surface area contributed by atoms with Crippen molar-refractivity contribution in [1.29, 1.82) is 0 Å². The van der Waals surface area contributed by atoms with Crippen LogP contribution in [-0.2, 0) is 7.05 Å². The highest BCUT2D eigenvalue weighted by Crippen LogP contribution is 1.91. The minimum absolute atomic E-state index is 0.0985. The maximum Gasteiger partial charge on any atom is 0.315 e. The third kappa shape index (κ3) is 0.843. The minimum atomic E-state index is -0.945. The van der Waals surface area contributed by atoms with Crippen molar-refractivity contribution in [1.82, 2.24) is 19.7 Å². The van der Waals surface area contributed by atoms with Crippen LogP contribution in [0.3, 0.4) is 0 Å². The van der Waals surface area contributed by atoms with Gasteiger partial charge < -0.3 is 5.21 Å². The summed E-state index contributed by atoms with van der Waals surface area (Å²) >= 11 is 0. The summed E-state index contributed by atoms with van der Waals surface area (Å²) in [4.78, 5) is 33.8. The summed E-state index contributed by atoms with van der Waals surface area (Å²) in [6, 6.07) is 0. The number of hydrogen-bond acceptors (Lipinski definition) is 4. The molecule has 0 saturated carbocycles. The molecule has 2 aromatic rings. The molecule has 0 radical (unpaired) electrons. The van der Waals surface area contributed by atoms with Gasteiger partial charge in [-0.3, -0.25) is 29.3 Å². The van der Waals surface area contributed by atoms with E-state index in [4.69, 9.17) is 5.21 Å². The maximum absolute atomic E-state index is 11.3. The van der Waals surface area contributed by atoms with E-state index in [0.717, 1.165) is 4.68 Å². The Bertz CT molecular complexity index is 670. The van der Waals surface area contributed by atoms with Crippen LogP contribution in [-0.4, -0.2) is 24.9 Å². The van der Waals surface area contributed by atoms with Gasteiger partial charge >= 0.3 is 5.56 Å². The molecule has 0 aliphatic rings. The molecule has 0 aliphatic heterocycles. The fourth-order valence-corrected chi connectivity index (χ4v) is 1.22. The van der Waals surface area contributed by atoms with Crippen molar-refractivity contribution >= 4 is 10.9 Å². The number of aromatic nitrogens is 4. The molecule has 14 heavy (non-hydrogen) atoms. The van der Waals surface area contributed by atoms with Gasteiger partial charge in [0.25, 0.3) is 11.1 Å². The van der Waals surface area contributed by atoms with E-state index >= 15 is 0 Å². The van der Waals surface area contributed by atoms with E-state index in [9.17, 15) is 14.4 Å². The fourth-order valence-electron chi connectivity index (χ4n) is 1.22. The van der Waals surface area contributed by atoms with Gasteiger partial charge in [0.1, 0.15) is 10.9 Å². The summed E-state index contributed by atoms with van der Waals surface area (Å²) in [6.07, 6.45) is 0. The number of fused-ring (bicyclic) bond motifs is 1. The molecule has 8 nitrogen and oxygen atoms in total. The van der Waals surface area contributed by atoms with Crippen LogP contribution in [0.2, 0.25) is 0 Å². The van der Waals surface area contributed by atoms with Crippen molar-refractivity contribution in [3.8, 4) is 0 Å². The van der Waals surface area contributed by atoms with E-state index in [1.165, 1.54) is 7.05 Å². The predicted molar refractivity (Wildman–Crippen MR) is 45.6 cm³/mol. The van der Waals surface area contributed by atoms with Crippen molar-refractivity contribution in [3.63, 3.8) is 0 Å². The lowest BCUT2D eigenvalue weighted by molar-refractivity contribution is 0.142. The van der Waals surface area contributed by atoms with Crippen molar-refractivity contribution in [3.05, 3.63) is 31.1 Å². The van der Waals surface area contributed by atoms with Crippen LogP contribution in [0.1, 0.15) is 0 Å².